The summed E-state index contributed by atoms with van der Waals surface area (Å²) in [7, 11) is 0. The van der Waals surface area contributed by atoms with Crippen molar-refractivity contribution in [1.82, 2.24) is 4.98 Å². The minimum absolute atomic E-state index is 0.0904. The SMILES string of the molecule is Cc1ccc(NC(=O)c2ccnc(C(=O)Nc3ccc(F)cc3)c2)c(C)c1. The monoisotopic (exact) mass is 363 g/mol. The number of aryl methyl sites for hydroxylation is 2. The molecule has 3 rings (SSSR count). The summed E-state index contributed by atoms with van der Waals surface area (Å²) in [4.78, 5) is 28.8. The van der Waals surface area contributed by atoms with E-state index in [2.05, 4.69) is 15.6 Å². The lowest BCUT2D eigenvalue weighted by molar-refractivity contribution is 0.102. The quantitative estimate of drug-likeness (QED) is 0.724. The molecule has 0 aliphatic carbocycles. The molecule has 0 aliphatic rings. The van der Waals surface area contributed by atoms with Crippen LogP contribution >= 0.6 is 0 Å². The summed E-state index contributed by atoms with van der Waals surface area (Å²) in [6, 6.07) is 14.1. The first-order valence-electron chi connectivity index (χ1n) is 8.34. The summed E-state index contributed by atoms with van der Waals surface area (Å²) in [6.07, 6.45) is 1.40. The molecule has 0 radical (unpaired) electrons. The predicted octanol–water partition coefficient (Wildman–Crippen LogP) is 4.34. The van der Waals surface area contributed by atoms with Crippen LogP contribution in [0, 0.1) is 19.7 Å². The Bertz CT molecular complexity index is 1000. The predicted molar refractivity (Wildman–Crippen MR) is 102 cm³/mol. The van der Waals surface area contributed by atoms with Crippen LogP contribution in [0.5, 0.6) is 0 Å². The molecule has 1 aromatic heterocycles. The smallest absolute Gasteiger partial charge is 0.274 e. The van der Waals surface area contributed by atoms with Gasteiger partial charge in [-0.25, -0.2) is 4.39 Å². The number of carbonyl (C=O) groups excluding carboxylic acids is 2. The summed E-state index contributed by atoms with van der Waals surface area (Å²) in [5.74, 6) is -1.21. The second-order valence-electron chi connectivity index (χ2n) is 6.16. The minimum Gasteiger partial charge on any atom is -0.322 e. The van der Waals surface area contributed by atoms with Crippen LogP contribution in [-0.4, -0.2) is 16.8 Å². The van der Waals surface area contributed by atoms with Crippen LogP contribution in [0.4, 0.5) is 15.8 Å². The molecule has 0 bridgehead atoms. The highest BCUT2D eigenvalue weighted by atomic mass is 19.1. The van der Waals surface area contributed by atoms with Crippen molar-refractivity contribution in [3.05, 3.63) is 89.0 Å². The Morgan fingerprint density at radius 2 is 1.63 bits per heavy atom. The standard InChI is InChI=1S/C21H18FN3O2/c1-13-3-8-18(14(2)11-13)25-20(26)15-9-10-23-19(12-15)21(27)24-17-6-4-16(22)5-7-17/h3-12H,1-2H3,(H,24,27)(H,25,26). The zero-order valence-corrected chi connectivity index (χ0v) is 14.9. The Balaban J connectivity index is 1.75. The molecule has 0 aliphatic heterocycles. The van der Waals surface area contributed by atoms with E-state index in [-0.39, 0.29) is 11.6 Å². The van der Waals surface area contributed by atoms with Gasteiger partial charge < -0.3 is 10.6 Å². The third-order valence-electron chi connectivity index (χ3n) is 3.99. The van der Waals surface area contributed by atoms with Gasteiger partial charge in [-0.15, -0.1) is 0 Å². The van der Waals surface area contributed by atoms with E-state index < -0.39 is 11.7 Å². The minimum atomic E-state index is -0.484. The van der Waals surface area contributed by atoms with Crippen molar-refractivity contribution >= 4 is 23.2 Å². The van der Waals surface area contributed by atoms with Crippen LogP contribution in [0.2, 0.25) is 0 Å². The first-order chi connectivity index (χ1) is 12.9. The van der Waals surface area contributed by atoms with Crippen LogP contribution in [0.3, 0.4) is 0 Å². The average molecular weight is 363 g/mol. The number of nitrogens with one attached hydrogen (secondary N) is 2. The first-order valence-corrected chi connectivity index (χ1v) is 8.34. The molecular formula is C21H18FN3O2. The Kier molecular flexibility index (Phi) is 5.26. The molecular weight excluding hydrogens is 345 g/mol. The van der Waals surface area contributed by atoms with Gasteiger partial charge in [0.15, 0.2) is 0 Å². The van der Waals surface area contributed by atoms with Crippen molar-refractivity contribution in [1.29, 1.82) is 0 Å². The van der Waals surface area contributed by atoms with E-state index in [1.165, 1.54) is 42.6 Å². The molecule has 1 heterocycles. The van der Waals surface area contributed by atoms with E-state index in [9.17, 15) is 14.0 Å². The van der Waals surface area contributed by atoms with Gasteiger partial charge in [-0.2, -0.15) is 0 Å². The maximum atomic E-state index is 12.9. The number of hydrogen-bond acceptors (Lipinski definition) is 3. The highest BCUT2D eigenvalue weighted by molar-refractivity contribution is 6.08. The Morgan fingerprint density at radius 1 is 0.889 bits per heavy atom. The van der Waals surface area contributed by atoms with Gasteiger partial charge in [-0.05, 0) is 61.9 Å². The number of benzene rings is 2. The van der Waals surface area contributed by atoms with E-state index in [0.29, 0.717) is 16.9 Å². The number of aromatic nitrogens is 1. The lowest BCUT2D eigenvalue weighted by Crippen LogP contribution is -2.17. The zero-order chi connectivity index (χ0) is 19.4. The topological polar surface area (TPSA) is 71.1 Å². The number of rotatable bonds is 4. The van der Waals surface area contributed by atoms with Crippen LogP contribution in [0.1, 0.15) is 32.0 Å². The number of carbonyl (C=O) groups is 2. The highest BCUT2D eigenvalue weighted by Gasteiger charge is 2.13. The molecule has 3 aromatic rings. The van der Waals surface area contributed by atoms with Crippen LogP contribution in [0.25, 0.3) is 0 Å². The molecule has 5 nitrogen and oxygen atoms in total. The number of anilines is 2. The van der Waals surface area contributed by atoms with E-state index in [4.69, 9.17) is 0 Å². The van der Waals surface area contributed by atoms with Gasteiger partial charge in [0.1, 0.15) is 11.5 Å². The van der Waals surface area contributed by atoms with Gasteiger partial charge in [-0.1, -0.05) is 17.7 Å². The summed E-state index contributed by atoms with van der Waals surface area (Å²) in [5.41, 5.74) is 3.61. The molecule has 0 unspecified atom stereocenters. The van der Waals surface area contributed by atoms with Crippen molar-refractivity contribution < 1.29 is 14.0 Å². The molecule has 0 saturated heterocycles. The molecule has 0 fully saturated rings. The Hall–Kier alpha value is -3.54. The molecule has 0 saturated carbocycles. The van der Waals surface area contributed by atoms with Crippen LogP contribution in [-0.2, 0) is 0 Å². The fourth-order valence-corrected chi connectivity index (χ4v) is 2.57. The van der Waals surface area contributed by atoms with Crippen molar-refractivity contribution in [3.63, 3.8) is 0 Å². The van der Waals surface area contributed by atoms with Crippen LogP contribution < -0.4 is 10.6 Å². The summed E-state index contributed by atoms with van der Waals surface area (Å²) in [5, 5.41) is 5.45. The number of pyridine rings is 1. The largest absolute Gasteiger partial charge is 0.322 e. The molecule has 27 heavy (non-hydrogen) atoms. The van der Waals surface area contributed by atoms with Crippen molar-refractivity contribution in [3.8, 4) is 0 Å². The summed E-state index contributed by atoms with van der Waals surface area (Å²) < 4.78 is 12.9. The molecule has 2 aromatic carbocycles. The van der Waals surface area contributed by atoms with Gasteiger partial charge in [0.25, 0.3) is 11.8 Å². The Morgan fingerprint density at radius 3 is 2.33 bits per heavy atom. The van der Waals surface area contributed by atoms with E-state index in [0.717, 1.165) is 11.1 Å². The number of halogens is 1. The maximum absolute atomic E-state index is 12.9. The Labute approximate surface area is 156 Å². The van der Waals surface area contributed by atoms with Crippen molar-refractivity contribution in [2.24, 2.45) is 0 Å². The highest BCUT2D eigenvalue weighted by Crippen LogP contribution is 2.17. The number of amides is 2. The normalized spacial score (nSPS) is 10.3. The third-order valence-corrected chi connectivity index (χ3v) is 3.99. The molecule has 136 valence electrons. The van der Waals surface area contributed by atoms with Gasteiger partial charge in [-0.3, -0.25) is 14.6 Å². The molecule has 0 spiro atoms. The third kappa shape index (κ3) is 4.55. The van der Waals surface area contributed by atoms with Gasteiger partial charge in [0.05, 0.1) is 0 Å². The number of hydrogen-bond donors (Lipinski definition) is 2. The lowest BCUT2D eigenvalue weighted by atomic mass is 10.1. The summed E-state index contributed by atoms with van der Waals surface area (Å²) in [6.45, 7) is 3.89. The molecule has 2 amide bonds. The number of nitrogens with zero attached hydrogens (tertiary/aromatic N) is 1. The summed E-state index contributed by atoms with van der Waals surface area (Å²) >= 11 is 0. The fourth-order valence-electron chi connectivity index (χ4n) is 2.57. The van der Waals surface area contributed by atoms with E-state index in [1.54, 1.807) is 0 Å². The van der Waals surface area contributed by atoms with Crippen molar-refractivity contribution in [2.75, 3.05) is 10.6 Å². The van der Waals surface area contributed by atoms with Crippen LogP contribution in [0.15, 0.2) is 60.8 Å². The second-order valence-corrected chi connectivity index (χ2v) is 6.16. The fraction of sp³-hybridized carbons (Fsp3) is 0.0952. The first kappa shape index (κ1) is 18.3. The van der Waals surface area contributed by atoms with E-state index in [1.807, 2.05) is 32.0 Å². The van der Waals surface area contributed by atoms with E-state index >= 15 is 0 Å². The molecule has 6 heteroatoms. The van der Waals surface area contributed by atoms with Gasteiger partial charge in [0, 0.05) is 23.1 Å². The molecule has 0 atom stereocenters. The zero-order valence-electron chi connectivity index (χ0n) is 14.9. The lowest BCUT2D eigenvalue weighted by Gasteiger charge is -2.10. The molecule has 2 N–H and O–H groups in total. The average Bonchev–Trinajstić information content (AvgIpc) is 2.66. The maximum Gasteiger partial charge on any atom is 0.274 e. The van der Waals surface area contributed by atoms with Gasteiger partial charge in [0.2, 0.25) is 0 Å². The van der Waals surface area contributed by atoms with Gasteiger partial charge >= 0.3 is 0 Å². The van der Waals surface area contributed by atoms with Crippen molar-refractivity contribution in [2.45, 2.75) is 13.8 Å². The second kappa shape index (κ2) is 7.78.